The smallest absolute Gasteiger partial charge is 0.0467 e. The molecule has 1 aliphatic rings. The molecule has 0 spiro atoms. The van der Waals surface area contributed by atoms with Crippen LogP contribution in [0.5, 0.6) is 0 Å². The van der Waals surface area contributed by atoms with Gasteiger partial charge in [0.25, 0.3) is 0 Å². The average molecular weight is 332 g/mol. The number of benzene rings is 1. The first-order valence-corrected chi connectivity index (χ1v) is 7.88. The fraction of sp³-hybridized carbons (Fsp3) is 0.571. The molecule has 2 nitrogen and oxygen atoms in total. The second kappa shape index (κ2) is 6.27. The maximum Gasteiger partial charge on any atom is 0.0467 e. The van der Waals surface area contributed by atoms with E-state index in [9.17, 15) is 0 Å². The molecule has 1 unspecified atom stereocenters. The third-order valence-corrected chi connectivity index (χ3v) is 4.67. The number of rotatable bonds is 3. The van der Waals surface area contributed by atoms with Gasteiger partial charge in [-0.1, -0.05) is 33.6 Å². The zero-order valence-corrected chi connectivity index (χ0v) is 13.3. The molecule has 0 aromatic heterocycles. The Morgan fingerprint density at radius 2 is 2.28 bits per heavy atom. The Labute approximate surface area is 123 Å². The Balaban J connectivity index is 2.22. The molecule has 0 N–H and O–H groups in total. The van der Waals surface area contributed by atoms with Crippen LogP contribution in [0.3, 0.4) is 0 Å². The molecule has 1 aliphatic heterocycles. The Kier molecular flexibility index (Phi) is 4.93. The summed E-state index contributed by atoms with van der Waals surface area (Å²) in [7, 11) is 4.38. The third kappa shape index (κ3) is 3.01. The normalized spacial score (nSPS) is 21.0. The van der Waals surface area contributed by atoms with Crippen LogP contribution in [0.15, 0.2) is 18.2 Å². The molecule has 1 aromatic rings. The van der Waals surface area contributed by atoms with Crippen LogP contribution in [0.4, 0.5) is 5.69 Å². The van der Waals surface area contributed by atoms with Gasteiger partial charge in [0, 0.05) is 41.2 Å². The molecule has 1 heterocycles. The van der Waals surface area contributed by atoms with E-state index in [1.165, 1.54) is 30.6 Å². The number of hydrogen-bond acceptors (Lipinski definition) is 2. The minimum atomic E-state index is 0.583. The number of anilines is 1. The van der Waals surface area contributed by atoms with Crippen LogP contribution in [0.25, 0.3) is 0 Å². The quantitative estimate of drug-likeness (QED) is 0.778. The lowest BCUT2D eigenvalue weighted by atomic mass is 10.0. The lowest BCUT2D eigenvalue weighted by Gasteiger charge is -2.38. The van der Waals surface area contributed by atoms with Crippen LogP contribution in [-0.2, 0) is 5.33 Å². The van der Waals surface area contributed by atoms with Crippen molar-refractivity contribution < 1.29 is 0 Å². The number of hydrogen-bond donors (Lipinski definition) is 0. The van der Waals surface area contributed by atoms with Crippen molar-refractivity contribution in [3.05, 3.63) is 28.8 Å². The van der Waals surface area contributed by atoms with Crippen molar-refractivity contribution >= 4 is 33.2 Å². The van der Waals surface area contributed by atoms with Gasteiger partial charge in [0.2, 0.25) is 0 Å². The monoisotopic (exact) mass is 330 g/mol. The van der Waals surface area contributed by atoms with E-state index in [0.29, 0.717) is 6.04 Å². The highest BCUT2D eigenvalue weighted by molar-refractivity contribution is 9.08. The average Bonchev–Trinajstić information content (AvgIpc) is 2.37. The molecule has 0 bridgehead atoms. The maximum absolute atomic E-state index is 6.27. The predicted octanol–water partition coefficient (Wildman–Crippen LogP) is 3.77. The van der Waals surface area contributed by atoms with E-state index >= 15 is 0 Å². The fourth-order valence-corrected chi connectivity index (χ4v) is 3.65. The molecule has 100 valence electrons. The van der Waals surface area contributed by atoms with E-state index in [4.69, 9.17) is 11.6 Å². The molecule has 1 atom stereocenters. The van der Waals surface area contributed by atoms with Crippen molar-refractivity contribution in [1.29, 1.82) is 0 Å². The van der Waals surface area contributed by atoms with Crippen LogP contribution in [0.2, 0.25) is 5.02 Å². The molecule has 0 aliphatic carbocycles. The largest absolute Gasteiger partial charge is 0.370 e. The number of alkyl halides is 1. The topological polar surface area (TPSA) is 6.48 Å². The molecular weight excluding hydrogens is 312 g/mol. The first-order chi connectivity index (χ1) is 8.63. The van der Waals surface area contributed by atoms with Gasteiger partial charge in [-0.05, 0) is 38.6 Å². The summed E-state index contributed by atoms with van der Waals surface area (Å²) >= 11 is 9.82. The van der Waals surface area contributed by atoms with Gasteiger partial charge in [-0.2, -0.15) is 0 Å². The van der Waals surface area contributed by atoms with Crippen molar-refractivity contribution in [3.8, 4) is 0 Å². The Morgan fingerprint density at radius 3 is 2.94 bits per heavy atom. The maximum atomic E-state index is 6.27. The van der Waals surface area contributed by atoms with E-state index in [2.05, 4.69) is 45.9 Å². The highest BCUT2D eigenvalue weighted by Gasteiger charge is 2.23. The molecule has 4 heteroatoms. The summed E-state index contributed by atoms with van der Waals surface area (Å²) in [5.74, 6) is 0. The molecule has 1 saturated heterocycles. The van der Waals surface area contributed by atoms with Gasteiger partial charge in [0.15, 0.2) is 0 Å². The summed E-state index contributed by atoms with van der Waals surface area (Å²) in [6.07, 6.45) is 2.53. The summed E-state index contributed by atoms with van der Waals surface area (Å²) in [5.41, 5.74) is 2.44. The van der Waals surface area contributed by atoms with Gasteiger partial charge in [-0.15, -0.1) is 0 Å². The highest BCUT2D eigenvalue weighted by atomic mass is 79.9. The fourth-order valence-electron chi connectivity index (χ4n) is 2.66. The Hall–Kier alpha value is -0.250. The molecule has 0 saturated carbocycles. The van der Waals surface area contributed by atoms with E-state index in [1.807, 2.05) is 12.1 Å². The van der Waals surface area contributed by atoms with Crippen molar-refractivity contribution in [1.82, 2.24) is 4.90 Å². The zero-order valence-electron chi connectivity index (χ0n) is 11.0. The molecule has 0 amide bonds. The van der Waals surface area contributed by atoms with Crippen LogP contribution >= 0.6 is 27.5 Å². The van der Waals surface area contributed by atoms with E-state index in [0.717, 1.165) is 16.9 Å². The van der Waals surface area contributed by atoms with Crippen molar-refractivity contribution in [3.63, 3.8) is 0 Å². The molecule has 18 heavy (non-hydrogen) atoms. The van der Waals surface area contributed by atoms with Crippen LogP contribution in [0.1, 0.15) is 18.4 Å². The number of likely N-dealkylation sites (N-methyl/N-ethyl adjacent to an activating group) is 2. The molecule has 1 fully saturated rings. The van der Waals surface area contributed by atoms with Gasteiger partial charge < -0.3 is 9.80 Å². The zero-order chi connectivity index (χ0) is 13.1. The first kappa shape index (κ1) is 14.2. The van der Waals surface area contributed by atoms with Crippen LogP contribution in [0, 0.1) is 0 Å². The first-order valence-electron chi connectivity index (χ1n) is 6.38. The van der Waals surface area contributed by atoms with Crippen LogP contribution in [-0.4, -0.2) is 38.1 Å². The summed E-state index contributed by atoms with van der Waals surface area (Å²) in [5, 5.41) is 1.65. The second-order valence-electron chi connectivity index (χ2n) is 5.04. The van der Waals surface area contributed by atoms with Gasteiger partial charge in [0.1, 0.15) is 0 Å². The number of halogens is 2. The number of likely N-dealkylation sites (tertiary alicyclic amines) is 1. The van der Waals surface area contributed by atoms with Gasteiger partial charge in [-0.25, -0.2) is 0 Å². The number of piperidine rings is 1. The van der Waals surface area contributed by atoms with Gasteiger partial charge >= 0.3 is 0 Å². The molecule has 2 rings (SSSR count). The lowest BCUT2D eigenvalue weighted by Crippen LogP contribution is -2.45. The van der Waals surface area contributed by atoms with Crippen molar-refractivity contribution in [2.24, 2.45) is 0 Å². The lowest BCUT2D eigenvalue weighted by molar-refractivity contribution is 0.248. The minimum Gasteiger partial charge on any atom is -0.370 e. The van der Waals surface area contributed by atoms with E-state index in [-0.39, 0.29) is 0 Å². The SMILES string of the molecule is CN1CCCC(N(C)c2cccc(Cl)c2CBr)C1. The molecular formula is C14H20BrClN2. The number of nitrogens with zero attached hydrogens (tertiary/aromatic N) is 2. The Morgan fingerprint density at radius 1 is 1.50 bits per heavy atom. The van der Waals surface area contributed by atoms with Crippen molar-refractivity contribution in [2.75, 3.05) is 32.1 Å². The predicted molar refractivity (Wildman–Crippen MR) is 83.0 cm³/mol. The second-order valence-corrected chi connectivity index (χ2v) is 6.01. The summed E-state index contributed by atoms with van der Waals surface area (Å²) in [6, 6.07) is 6.74. The minimum absolute atomic E-state index is 0.583. The third-order valence-electron chi connectivity index (χ3n) is 3.76. The van der Waals surface area contributed by atoms with Crippen LogP contribution < -0.4 is 4.90 Å². The highest BCUT2D eigenvalue weighted by Crippen LogP contribution is 2.31. The van der Waals surface area contributed by atoms with E-state index < -0.39 is 0 Å². The van der Waals surface area contributed by atoms with Gasteiger partial charge in [-0.3, -0.25) is 0 Å². The molecule has 0 radical (unpaired) electrons. The summed E-state index contributed by atoms with van der Waals surface area (Å²) < 4.78 is 0. The Bertz CT molecular complexity index is 411. The van der Waals surface area contributed by atoms with Gasteiger partial charge in [0.05, 0.1) is 0 Å². The standard InChI is InChI=1S/C14H20BrClN2/c1-17-8-4-5-11(10-17)18(2)14-7-3-6-13(16)12(14)9-15/h3,6-7,11H,4-5,8-10H2,1-2H3. The summed E-state index contributed by atoms with van der Waals surface area (Å²) in [6.45, 7) is 2.34. The molecule has 1 aromatic carbocycles. The summed E-state index contributed by atoms with van der Waals surface area (Å²) in [4.78, 5) is 4.79. The van der Waals surface area contributed by atoms with Crippen molar-refractivity contribution in [2.45, 2.75) is 24.2 Å². The van der Waals surface area contributed by atoms with E-state index in [1.54, 1.807) is 0 Å².